The first-order valence-corrected chi connectivity index (χ1v) is 7.64. The van der Waals surface area contributed by atoms with Crippen LogP contribution in [0.25, 0.3) is 11.0 Å². The zero-order valence-corrected chi connectivity index (χ0v) is 12.9. The molecule has 0 radical (unpaired) electrons. The number of ether oxygens (including phenoxy) is 1. The Bertz CT molecular complexity index is 866. The van der Waals surface area contributed by atoms with E-state index in [0.717, 1.165) is 17.4 Å². The van der Waals surface area contributed by atoms with Crippen LogP contribution in [0.1, 0.15) is 24.5 Å². The van der Waals surface area contributed by atoms with Crippen LogP contribution in [0.3, 0.4) is 0 Å². The number of fused-ring (bicyclic) bond motifs is 1. The number of hydrogen-bond acceptors (Lipinski definition) is 4. The van der Waals surface area contributed by atoms with Crippen molar-refractivity contribution in [2.24, 2.45) is 0 Å². The molecule has 0 unspecified atom stereocenters. The summed E-state index contributed by atoms with van der Waals surface area (Å²) < 4.78 is 11.1. The fourth-order valence-corrected chi connectivity index (χ4v) is 2.57. The van der Waals surface area contributed by atoms with Crippen LogP contribution in [-0.2, 0) is 13.0 Å². The topological polar surface area (TPSA) is 59.7 Å². The second-order valence-corrected chi connectivity index (χ2v) is 5.40. The van der Waals surface area contributed by atoms with E-state index in [2.05, 4.69) is 0 Å². The van der Waals surface area contributed by atoms with Crippen LogP contribution in [0.4, 0.5) is 0 Å². The smallest absolute Gasteiger partial charge is 0.336 e. The van der Waals surface area contributed by atoms with E-state index in [0.29, 0.717) is 29.9 Å². The molecule has 0 spiro atoms. The number of benzene rings is 2. The molecule has 0 aliphatic heterocycles. The van der Waals surface area contributed by atoms with Gasteiger partial charge in [0.25, 0.3) is 0 Å². The fourth-order valence-electron chi connectivity index (χ4n) is 2.57. The van der Waals surface area contributed by atoms with Crippen LogP contribution in [-0.4, -0.2) is 5.11 Å². The highest BCUT2D eigenvalue weighted by atomic mass is 16.5. The Morgan fingerprint density at radius 3 is 2.65 bits per heavy atom. The second-order valence-electron chi connectivity index (χ2n) is 5.40. The van der Waals surface area contributed by atoms with Crippen molar-refractivity contribution >= 4 is 11.0 Å². The Labute approximate surface area is 134 Å². The van der Waals surface area contributed by atoms with Crippen LogP contribution in [0.15, 0.2) is 57.7 Å². The van der Waals surface area contributed by atoms with Crippen molar-refractivity contribution in [3.8, 4) is 11.5 Å². The molecule has 0 aliphatic rings. The van der Waals surface area contributed by atoms with Crippen LogP contribution in [0.5, 0.6) is 11.5 Å². The summed E-state index contributed by atoms with van der Waals surface area (Å²) >= 11 is 0. The lowest BCUT2D eigenvalue weighted by Crippen LogP contribution is -2.00. The van der Waals surface area contributed by atoms with Crippen molar-refractivity contribution in [1.82, 2.24) is 0 Å². The fraction of sp³-hybridized carbons (Fsp3) is 0.211. The van der Waals surface area contributed by atoms with Gasteiger partial charge in [-0.2, -0.15) is 0 Å². The molecule has 1 aromatic heterocycles. The third-order valence-corrected chi connectivity index (χ3v) is 3.68. The zero-order valence-electron chi connectivity index (χ0n) is 12.9. The third kappa shape index (κ3) is 3.21. The Morgan fingerprint density at radius 1 is 1.13 bits per heavy atom. The van der Waals surface area contributed by atoms with Gasteiger partial charge in [0.2, 0.25) is 0 Å². The molecule has 2 aromatic carbocycles. The highest BCUT2D eigenvalue weighted by Gasteiger charge is 2.15. The Kier molecular flexibility index (Phi) is 4.33. The van der Waals surface area contributed by atoms with Gasteiger partial charge >= 0.3 is 5.63 Å². The summed E-state index contributed by atoms with van der Waals surface area (Å²) in [6.07, 6.45) is 1.43. The molecule has 0 saturated carbocycles. The van der Waals surface area contributed by atoms with E-state index >= 15 is 0 Å². The summed E-state index contributed by atoms with van der Waals surface area (Å²) in [6.45, 7) is 2.37. The van der Waals surface area contributed by atoms with E-state index in [1.807, 2.05) is 37.3 Å². The first-order chi connectivity index (χ1) is 11.2. The lowest BCUT2D eigenvalue weighted by molar-refractivity contribution is 0.288. The van der Waals surface area contributed by atoms with Gasteiger partial charge in [-0.25, -0.2) is 4.79 Å². The number of rotatable bonds is 5. The molecule has 0 aliphatic carbocycles. The Hall–Kier alpha value is -2.75. The molecular weight excluding hydrogens is 292 g/mol. The quantitative estimate of drug-likeness (QED) is 0.723. The van der Waals surface area contributed by atoms with Gasteiger partial charge in [-0.05, 0) is 24.1 Å². The molecule has 1 heterocycles. The maximum absolute atomic E-state index is 11.5. The van der Waals surface area contributed by atoms with E-state index in [-0.39, 0.29) is 5.75 Å². The van der Waals surface area contributed by atoms with Crippen molar-refractivity contribution in [3.63, 3.8) is 0 Å². The second kappa shape index (κ2) is 6.57. The number of phenolic OH excluding ortho intramolecular Hbond substituents is 1. The highest BCUT2D eigenvalue weighted by Crippen LogP contribution is 2.37. The van der Waals surface area contributed by atoms with Crippen LogP contribution < -0.4 is 10.4 Å². The molecule has 0 fully saturated rings. The summed E-state index contributed by atoms with van der Waals surface area (Å²) in [5.41, 5.74) is 1.64. The molecule has 4 nitrogen and oxygen atoms in total. The van der Waals surface area contributed by atoms with E-state index in [9.17, 15) is 9.90 Å². The van der Waals surface area contributed by atoms with Crippen molar-refractivity contribution < 1.29 is 14.3 Å². The number of aromatic hydroxyl groups is 1. The summed E-state index contributed by atoms with van der Waals surface area (Å²) in [4.78, 5) is 11.5. The van der Waals surface area contributed by atoms with Gasteiger partial charge in [0.05, 0.1) is 0 Å². The molecule has 23 heavy (non-hydrogen) atoms. The minimum Gasteiger partial charge on any atom is -0.504 e. The number of phenols is 1. The largest absolute Gasteiger partial charge is 0.504 e. The maximum Gasteiger partial charge on any atom is 0.336 e. The van der Waals surface area contributed by atoms with Crippen molar-refractivity contribution in [2.45, 2.75) is 26.4 Å². The number of aryl methyl sites for hydroxylation is 1. The van der Waals surface area contributed by atoms with Gasteiger partial charge in [0.1, 0.15) is 12.2 Å². The van der Waals surface area contributed by atoms with Gasteiger partial charge in [0.15, 0.2) is 11.5 Å². The van der Waals surface area contributed by atoms with Gasteiger partial charge in [0, 0.05) is 17.0 Å². The molecule has 0 saturated heterocycles. The van der Waals surface area contributed by atoms with E-state index in [4.69, 9.17) is 9.15 Å². The summed E-state index contributed by atoms with van der Waals surface area (Å²) in [6, 6.07) is 14.5. The molecule has 4 heteroatoms. The molecule has 1 N–H and O–H groups in total. The first kappa shape index (κ1) is 15.2. The van der Waals surface area contributed by atoms with Crippen LogP contribution in [0, 0.1) is 0 Å². The molecule has 0 bridgehead atoms. The normalized spacial score (nSPS) is 10.8. The molecule has 3 rings (SSSR count). The minimum absolute atomic E-state index is 0.0460. The van der Waals surface area contributed by atoms with Crippen LogP contribution in [0.2, 0.25) is 0 Å². The summed E-state index contributed by atoms with van der Waals surface area (Å²) in [7, 11) is 0. The van der Waals surface area contributed by atoms with Crippen molar-refractivity contribution in [1.29, 1.82) is 0 Å². The molecular formula is C19H18O4. The van der Waals surface area contributed by atoms with Gasteiger partial charge < -0.3 is 14.3 Å². The Balaban J connectivity index is 2.01. The van der Waals surface area contributed by atoms with Crippen molar-refractivity contribution in [3.05, 3.63) is 70.1 Å². The molecule has 3 aromatic rings. The van der Waals surface area contributed by atoms with E-state index < -0.39 is 5.63 Å². The highest BCUT2D eigenvalue weighted by molar-refractivity contribution is 5.84. The number of hydrogen-bond donors (Lipinski definition) is 1. The molecule has 118 valence electrons. The summed E-state index contributed by atoms with van der Waals surface area (Å²) in [5, 5.41) is 11.2. The zero-order chi connectivity index (χ0) is 16.2. The predicted octanol–water partition coefficient (Wildman–Crippen LogP) is 4.03. The summed E-state index contributed by atoms with van der Waals surface area (Å²) in [5.74, 6) is 0.447. The first-order valence-electron chi connectivity index (χ1n) is 7.64. The third-order valence-electron chi connectivity index (χ3n) is 3.68. The average Bonchev–Trinajstić information content (AvgIpc) is 2.57. The van der Waals surface area contributed by atoms with E-state index in [1.165, 1.54) is 6.07 Å². The SMILES string of the molecule is CCCc1c(O)c(OCc2ccccc2)cc2ccc(=O)oc12. The maximum atomic E-state index is 11.5. The monoisotopic (exact) mass is 310 g/mol. The van der Waals surface area contributed by atoms with Crippen LogP contribution >= 0.6 is 0 Å². The lowest BCUT2D eigenvalue weighted by Gasteiger charge is -2.13. The van der Waals surface area contributed by atoms with Gasteiger partial charge in [-0.1, -0.05) is 43.7 Å². The van der Waals surface area contributed by atoms with Gasteiger partial charge in [-0.15, -0.1) is 0 Å². The minimum atomic E-state index is -0.424. The molecule has 0 atom stereocenters. The predicted molar refractivity (Wildman–Crippen MR) is 88.9 cm³/mol. The van der Waals surface area contributed by atoms with E-state index in [1.54, 1.807) is 12.1 Å². The molecule has 0 amide bonds. The standard InChI is InChI=1S/C19H18O4/c1-2-6-15-18(21)16(22-12-13-7-4-3-5-8-13)11-14-9-10-17(20)23-19(14)15/h3-5,7-11,21H,2,6,12H2,1H3. The van der Waals surface area contributed by atoms with Gasteiger partial charge in [-0.3, -0.25) is 0 Å². The average molecular weight is 310 g/mol. The Morgan fingerprint density at radius 2 is 1.91 bits per heavy atom. The lowest BCUT2D eigenvalue weighted by atomic mass is 10.0. The van der Waals surface area contributed by atoms with Crippen molar-refractivity contribution in [2.75, 3.05) is 0 Å².